The van der Waals surface area contributed by atoms with Crippen LogP contribution >= 0.6 is 0 Å². The number of ether oxygens (including phenoxy) is 1. The molecule has 0 radical (unpaired) electrons. The SMILES string of the molecule is CNC(c1coc(C)c1)c1ccc(COC)o1. The fourth-order valence-corrected chi connectivity index (χ4v) is 1.86. The molecule has 17 heavy (non-hydrogen) atoms. The zero-order valence-corrected chi connectivity index (χ0v) is 10.3. The molecule has 0 amide bonds. The first kappa shape index (κ1) is 12.0. The first-order valence-corrected chi connectivity index (χ1v) is 5.54. The Kier molecular flexibility index (Phi) is 3.66. The summed E-state index contributed by atoms with van der Waals surface area (Å²) < 4.78 is 16.1. The Hall–Kier alpha value is -1.52. The van der Waals surface area contributed by atoms with Crippen molar-refractivity contribution in [3.8, 4) is 0 Å². The van der Waals surface area contributed by atoms with E-state index in [1.165, 1.54) is 0 Å². The number of hydrogen-bond donors (Lipinski definition) is 1. The predicted octanol–water partition coefficient (Wildman–Crippen LogP) is 2.64. The van der Waals surface area contributed by atoms with Crippen molar-refractivity contribution >= 4 is 0 Å². The molecule has 0 bridgehead atoms. The van der Waals surface area contributed by atoms with Gasteiger partial charge in [-0.05, 0) is 32.2 Å². The molecule has 2 aromatic rings. The highest BCUT2D eigenvalue weighted by atomic mass is 16.5. The lowest BCUT2D eigenvalue weighted by Crippen LogP contribution is -2.16. The monoisotopic (exact) mass is 235 g/mol. The van der Waals surface area contributed by atoms with Gasteiger partial charge in [0, 0.05) is 12.7 Å². The van der Waals surface area contributed by atoms with Gasteiger partial charge in [-0.15, -0.1) is 0 Å². The summed E-state index contributed by atoms with van der Waals surface area (Å²) in [6, 6.07) is 5.89. The second kappa shape index (κ2) is 5.21. The largest absolute Gasteiger partial charge is 0.469 e. The highest BCUT2D eigenvalue weighted by molar-refractivity contribution is 5.25. The van der Waals surface area contributed by atoms with Crippen molar-refractivity contribution in [1.82, 2.24) is 5.32 Å². The van der Waals surface area contributed by atoms with E-state index in [4.69, 9.17) is 13.6 Å². The van der Waals surface area contributed by atoms with E-state index in [1.54, 1.807) is 13.4 Å². The van der Waals surface area contributed by atoms with Gasteiger partial charge in [0.1, 0.15) is 23.9 Å². The Morgan fingerprint density at radius 2 is 2.24 bits per heavy atom. The highest BCUT2D eigenvalue weighted by Crippen LogP contribution is 2.25. The molecule has 1 atom stereocenters. The average Bonchev–Trinajstić information content (AvgIpc) is 2.91. The minimum Gasteiger partial charge on any atom is -0.469 e. The first-order chi connectivity index (χ1) is 8.24. The van der Waals surface area contributed by atoms with Crippen LogP contribution in [0.4, 0.5) is 0 Å². The molecule has 92 valence electrons. The van der Waals surface area contributed by atoms with Gasteiger partial charge in [0.25, 0.3) is 0 Å². The van der Waals surface area contributed by atoms with Crippen molar-refractivity contribution in [3.63, 3.8) is 0 Å². The fraction of sp³-hybridized carbons (Fsp3) is 0.385. The molecule has 0 saturated carbocycles. The van der Waals surface area contributed by atoms with Gasteiger partial charge in [-0.2, -0.15) is 0 Å². The van der Waals surface area contributed by atoms with E-state index >= 15 is 0 Å². The van der Waals surface area contributed by atoms with Gasteiger partial charge in [-0.1, -0.05) is 0 Å². The van der Waals surface area contributed by atoms with Crippen molar-refractivity contribution in [2.24, 2.45) is 0 Å². The summed E-state index contributed by atoms with van der Waals surface area (Å²) >= 11 is 0. The van der Waals surface area contributed by atoms with Gasteiger partial charge in [-0.3, -0.25) is 0 Å². The summed E-state index contributed by atoms with van der Waals surface area (Å²) in [6.07, 6.45) is 1.75. The lowest BCUT2D eigenvalue weighted by molar-refractivity contribution is 0.162. The van der Waals surface area contributed by atoms with Crippen molar-refractivity contribution in [2.75, 3.05) is 14.2 Å². The van der Waals surface area contributed by atoms with Crippen molar-refractivity contribution < 1.29 is 13.6 Å². The van der Waals surface area contributed by atoms with Gasteiger partial charge in [-0.25, -0.2) is 0 Å². The van der Waals surface area contributed by atoms with Crippen LogP contribution in [-0.4, -0.2) is 14.2 Å². The van der Waals surface area contributed by atoms with Crippen LogP contribution in [0.1, 0.15) is 28.9 Å². The second-order valence-electron chi connectivity index (χ2n) is 3.95. The van der Waals surface area contributed by atoms with Crippen LogP contribution in [0.2, 0.25) is 0 Å². The second-order valence-corrected chi connectivity index (χ2v) is 3.95. The van der Waals surface area contributed by atoms with E-state index in [0.717, 1.165) is 22.8 Å². The maximum absolute atomic E-state index is 5.71. The molecule has 4 heteroatoms. The summed E-state index contributed by atoms with van der Waals surface area (Å²) in [5.41, 5.74) is 1.06. The summed E-state index contributed by atoms with van der Waals surface area (Å²) in [5, 5.41) is 3.21. The van der Waals surface area contributed by atoms with Crippen LogP contribution in [0.15, 0.2) is 33.3 Å². The molecule has 4 nitrogen and oxygen atoms in total. The van der Waals surface area contributed by atoms with Gasteiger partial charge in [0.2, 0.25) is 0 Å². The molecule has 0 aromatic carbocycles. The van der Waals surface area contributed by atoms with Gasteiger partial charge in [0.05, 0.1) is 12.3 Å². The molecular formula is C13H17NO3. The molecule has 0 fully saturated rings. The zero-order chi connectivity index (χ0) is 12.3. The van der Waals surface area contributed by atoms with Gasteiger partial charge in [0.15, 0.2) is 0 Å². The number of nitrogens with one attached hydrogen (secondary N) is 1. The third kappa shape index (κ3) is 2.60. The predicted molar refractivity (Wildman–Crippen MR) is 63.8 cm³/mol. The fourth-order valence-electron chi connectivity index (χ4n) is 1.86. The van der Waals surface area contributed by atoms with E-state index in [0.29, 0.717) is 6.61 Å². The Morgan fingerprint density at radius 1 is 1.41 bits per heavy atom. The highest BCUT2D eigenvalue weighted by Gasteiger charge is 2.17. The molecule has 1 unspecified atom stereocenters. The minimum atomic E-state index is 0.0121. The smallest absolute Gasteiger partial charge is 0.129 e. The van der Waals surface area contributed by atoms with E-state index in [2.05, 4.69) is 5.32 Å². The molecule has 0 aliphatic carbocycles. The van der Waals surface area contributed by atoms with Crippen LogP contribution in [0, 0.1) is 6.92 Å². The Balaban J connectivity index is 2.22. The molecule has 0 spiro atoms. The van der Waals surface area contributed by atoms with Crippen LogP contribution in [0.25, 0.3) is 0 Å². The Labute approximate surface area is 101 Å². The third-order valence-electron chi connectivity index (χ3n) is 2.63. The number of rotatable bonds is 5. The lowest BCUT2D eigenvalue weighted by atomic mass is 10.1. The summed E-state index contributed by atoms with van der Waals surface area (Å²) in [6.45, 7) is 2.41. The van der Waals surface area contributed by atoms with E-state index in [1.807, 2.05) is 32.2 Å². The molecule has 0 saturated heterocycles. The van der Waals surface area contributed by atoms with E-state index in [9.17, 15) is 0 Å². The number of hydrogen-bond acceptors (Lipinski definition) is 4. The quantitative estimate of drug-likeness (QED) is 0.865. The molecule has 0 aliphatic rings. The van der Waals surface area contributed by atoms with Crippen molar-refractivity contribution in [2.45, 2.75) is 19.6 Å². The summed E-state index contributed by atoms with van der Waals surface area (Å²) in [4.78, 5) is 0. The summed E-state index contributed by atoms with van der Waals surface area (Å²) in [7, 11) is 3.54. The van der Waals surface area contributed by atoms with Crippen LogP contribution in [0.5, 0.6) is 0 Å². The topological polar surface area (TPSA) is 47.5 Å². The van der Waals surface area contributed by atoms with Crippen LogP contribution in [-0.2, 0) is 11.3 Å². The van der Waals surface area contributed by atoms with Crippen LogP contribution in [0.3, 0.4) is 0 Å². The molecule has 2 rings (SSSR count). The summed E-state index contributed by atoms with van der Waals surface area (Å²) in [5.74, 6) is 2.58. The average molecular weight is 235 g/mol. The maximum Gasteiger partial charge on any atom is 0.129 e. The van der Waals surface area contributed by atoms with Crippen molar-refractivity contribution in [3.05, 3.63) is 47.3 Å². The number of methoxy groups -OCH3 is 1. The van der Waals surface area contributed by atoms with Gasteiger partial charge >= 0.3 is 0 Å². The zero-order valence-electron chi connectivity index (χ0n) is 10.3. The molecule has 2 aromatic heterocycles. The molecule has 1 N–H and O–H groups in total. The molecular weight excluding hydrogens is 218 g/mol. The Morgan fingerprint density at radius 3 is 2.82 bits per heavy atom. The van der Waals surface area contributed by atoms with Crippen molar-refractivity contribution in [1.29, 1.82) is 0 Å². The minimum absolute atomic E-state index is 0.0121. The van der Waals surface area contributed by atoms with E-state index < -0.39 is 0 Å². The van der Waals surface area contributed by atoms with Crippen LogP contribution < -0.4 is 5.32 Å². The first-order valence-electron chi connectivity index (χ1n) is 5.54. The number of furan rings is 2. The molecule has 2 heterocycles. The third-order valence-corrected chi connectivity index (χ3v) is 2.63. The Bertz CT molecular complexity index is 472. The lowest BCUT2D eigenvalue weighted by Gasteiger charge is -2.11. The van der Waals surface area contributed by atoms with Gasteiger partial charge < -0.3 is 18.9 Å². The van der Waals surface area contributed by atoms with E-state index in [-0.39, 0.29) is 6.04 Å². The maximum atomic E-state index is 5.71. The standard InChI is InChI=1S/C13H17NO3/c1-9-6-10(7-16-9)13(14-2)12-5-4-11(17-12)8-15-3/h4-7,13-14H,8H2,1-3H3. The molecule has 0 aliphatic heterocycles. The number of aryl methyl sites for hydroxylation is 1. The normalized spacial score (nSPS) is 12.9.